The van der Waals surface area contributed by atoms with Crippen LogP contribution in [0, 0.1) is 18.3 Å². The standard InChI is InChI=1S/C18H18N6/c1-13-9-16(15-10-14(11-19)5-6-20-15)24-17(13)18(21-12-22-24)23-7-3-2-4-8-23/h5-6,9-10,12H,2-4,7-8H2,1H3. The highest BCUT2D eigenvalue weighted by molar-refractivity contribution is 5.78. The predicted octanol–water partition coefficient (Wildman–Crippen LogP) is 2.96. The van der Waals surface area contributed by atoms with E-state index >= 15 is 0 Å². The number of anilines is 1. The van der Waals surface area contributed by atoms with Gasteiger partial charge >= 0.3 is 0 Å². The highest BCUT2D eigenvalue weighted by atomic mass is 15.3. The molecule has 24 heavy (non-hydrogen) atoms. The molecule has 6 heteroatoms. The van der Waals surface area contributed by atoms with Crippen LogP contribution in [-0.2, 0) is 0 Å². The van der Waals surface area contributed by atoms with E-state index < -0.39 is 0 Å². The number of rotatable bonds is 2. The number of fused-ring (bicyclic) bond motifs is 1. The van der Waals surface area contributed by atoms with Crippen molar-refractivity contribution in [3.8, 4) is 17.5 Å². The lowest BCUT2D eigenvalue weighted by molar-refractivity contribution is 0.573. The minimum absolute atomic E-state index is 0.595. The van der Waals surface area contributed by atoms with E-state index in [4.69, 9.17) is 5.26 Å². The summed E-state index contributed by atoms with van der Waals surface area (Å²) in [4.78, 5) is 11.3. The molecule has 3 aromatic rings. The summed E-state index contributed by atoms with van der Waals surface area (Å²) in [6, 6.07) is 7.74. The van der Waals surface area contributed by atoms with Crippen molar-refractivity contribution < 1.29 is 0 Å². The number of pyridine rings is 1. The monoisotopic (exact) mass is 318 g/mol. The normalized spacial score (nSPS) is 14.8. The van der Waals surface area contributed by atoms with E-state index in [1.807, 2.05) is 4.52 Å². The molecule has 0 aromatic carbocycles. The number of aromatic nitrogens is 4. The Morgan fingerprint density at radius 3 is 2.75 bits per heavy atom. The minimum Gasteiger partial charge on any atom is -0.355 e. The van der Waals surface area contributed by atoms with Crippen molar-refractivity contribution in [2.45, 2.75) is 26.2 Å². The zero-order valence-corrected chi connectivity index (χ0v) is 13.6. The summed E-state index contributed by atoms with van der Waals surface area (Å²) in [5.41, 5.74) is 4.38. The Bertz CT molecular complexity index is 930. The summed E-state index contributed by atoms with van der Waals surface area (Å²) in [6.45, 7) is 4.15. The highest BCUT2D eigenvalue weighted by Crippen LogP contribution is 2.30. The van der Waals surface area contributed by atoms with Crippen molar-refractivity contribution in [1.82, 2.24) is 19.6 Å². The number of aryl methyl sites for hydroxylation is 1. The first-order chi connectivity index (χ1) is 11.8. The Labute approximate surface area is 140 Å². The smallest absolute Gasteiger partial charge is 0.156 e. The van der Waals surface area contributed by atoms with Crippen LogP contribution in [0.1, 0.15) is 30.4 Å². The molecule has 4 heterocycles. The molecule has 1 saturated heterocycles. The van der Waals surface area contributed by atoms with E-state index in [0.29, 0.717) is 5.56 Å². The van der Waals surface area contributed by atoms with Crippen molar-refractivity contribution in [3.05, 3.63) is 41.9 Å². The van der Waals surface area contributed by atoms with Gasteiger partial charge in [-0.2, -0.15) is 10.4 Å². The molecule has 6 nitrogen and oxygen atoms in total. The van der Waals surface area contributed by atoms with Gasteiger partial charge in [-0.1, -0.05) is 0 Å². The van der Waals surface area contributed by atoms with Gasteiger partial charge in [0, 0.05) is 19.3 Å². The van der Waals surface area contributed by atoms with Gasteiger partial charge in [0.25, 0.3) is 0 Å². The maximum Gasteiger partial charge on any atom is 0.156 e. The molecule has 0 spiro atoms. The first-order valence-electron chi connectivity index (χ1n) is 8.23. The van der Waals surface area contributed by atoms with Crippen molar-refractivity contribution >= 4 is 11.3 Å². The van der Waals surface area contributed by atoms with E-state index in [2.05, 4.69) is 39.0 Å². The summed E-state index contributed by atoms with van der Waals surface area (Å²) in [5.74, 6) is 0.991. The molecule has 1 fully saturated rings. The number of hydrogen-bond donors (Lipinski definition) is 0. The predicted molar refractivity (Wildman–Crippen MR) is 91.7 cm³/mol. The van der Waals surface area contributed by atoms with Gasteiger partial charge in [0.2, 0.25) is 0 Å². The molecule has 0 radical (unpaired) electrons. The van der Waals surface area contributed by atoms with Gasteiger partial charge in [0.05, 0.1) is 23.0 Å². The molecule has 120 valence electrons. The molecule has 1 aliphatic heterocycles. The lowest BCUT2D eigenvalue weighted by Crippen LogP contribution is -2.30. The number of nitrogens with zero attached hydrogens (tertiary/aromatic N) is 6. The third kappa shape index (κ3) is 2.38. The quantitative estimate of drug-likeness (QED) is 0.726. The second-order valence-electron chi connectivity index (χ2n) is 6.15. The van der Waals surface area contributed by atoms with Gasteiger partial charge in [-0.3, -0.25) is 4.98 Å². The fraction of sp³-hybridized carbons (Fsp3) is 0.333. The van der Waals surface area contributed by atoms with Crippen LogP contribution in [0.25, 0.3) is 16.9 Å². The van der Waals surface area contributed by atoms with Crippen LogP contribution < -0.4 is 4.90 Å². The molecular formula is C18H18N6. The Kier molecular flexibility index (Phi) is 3.62. The number of nitriles is 1. The minimum atomic E-state index is 0.595. The molecule has 0 aliphatic carbocycles. The summed E-state index contributed by atoms with van der Waals surface area (Å²) in [5, 5.41) is 13.6. The summed E-state index contributed by atoms with van der Waals surface area (Å²) >= 11 is 0. The van der Waals surface area contributed by atoms with Crippen molar-refractivity contribution in [2.75, 3.05) is 18.0 Å². The van der Waals surface area contributed by atoms with Gasteiger partial charge in [-0.15, -0.1) is 0 Å². The van der Waals surface area contributed by atoms with E-state index in [0.717, 1.165) is 41.4 Å². The molecule has 0 atom stereocenters. The topological polar surface area (TPSA) is 70.1 Å². The van der Waals surface area contributed by atoms with Gasteiger partial charge in [-0.05, 0) is 49.9 Å². The van der Waals surface area contributed by atoms with Crippen LogP contribution >= 0.6 is 0 Å². The average Bonchev–Trinajstić information content (AvgIpc) is 2.99. The fourth-order valence-electron chi connectivity index (χ4n) is 3.37. The van der Waals surface area contributed by atoms with Gasteiger partial charge in [0.15, 0.2) is 5.82 Å². The van der Waals surface area contributed by atoms with Crippen LogP contribution in [0.15, 0.2) is 30.7 Å². The summed E-state index contributed by atoms with van der Waals surface area (Å²) < 4.78 is 1.90. The summed E-state index contributed by atoms with van der Waals surface area (Å²) in [6.07, 6.45) is 6.96. The average molecular weight is 318 g/mol. The van der Waals surface area contributed by atoms with Crippen LogP contribution in [0.4, 0.5) is 5.82 Å². The second kappa shape index (κ2) is 5.93. The highest BCUT2D eigenvalue weighted by Gasteiger charge is 2.20. The van der Waals surface area contributed by atoms with E-state index in [9.17, 15) is 0 Å². The van der Waals surface area contributed by atoms with Crippen LogP contribution in [0.2, 0.25) is 0 Å². The number of piperidine rings is 1. The molecule has 4 rings (SSSR count). The van der Waals surface area contributed by atoms with E-state index in [1.165, 1.54) is 19.3 Å². The SMILES string of the molecule is Cc1cc(-c2cc(C#N)ccn2)n2ncnc(N3CCCCC3)c12. The maximum atomic E-state index is 9.12. The zero-order valence-electron chi connectivity index (χ0n) is 13.6. The zero-order chi connectivity index (χ0) is 16.5. The first-order valence-corrected chi connectivity index (χ1v) is 8.23. The van der Waals surface area contributed by atoms with Crippen molar-refractivity contribution in [2.24, 2.45) is 0 Å². The van der Waals surface area contributed by atoms with Crippen LogP contribution in [0.3, 0.4) is 0 Å². The molecule has 0 unspecified atom stereocenters. The lowest BCUT2D eigenvalue weighted by Gasteiger charge is -2.28. The fourth-order valence-corrected chi connectivity index (χ4v) is 3.37. The number of hydrogen-bond acceptors (Lipinski definition) is 5. The Balaban J connectivity index is 1.88. The van der Waals surface area contributed by atoms with Crippen molar-refractivity contribution in [3.63, 3.8) is 0 Å². The molecule has 0 N–H and O–H groups in total. The van der Waals surface area contributed by atoms with Crippen molar-refractivity contribution in [1.29, 1.82) is 5.26 Å². The molecule has 0 amide bonds. The van der Waals surface area contributed by atoms with Crippen LogP contribution in [-0.4, -0.2) is 32.7 Å². The van der Waals surface area contributed by atoms with E-state index in [-0.39, 0.29) is 0 Å². The summed E-state index contributed by atoms with van der Waals surface area (Å²) in [7, 11) is 0. The van der Waals surface area contributed by atoms with Gasteiger partial charge in [-0.25, -0.2) is 9.50 Å². The van der Waals surface area contributed by atoms with Crippen LogP contribution in [0.5, 0.6) is 0 Å². The molecule has 3 aromatic heterocycles. The lowest BCUT2D eigenvalue weighted by atomic mass is 10.1. The Hall–Kier alpha value is -2.94. The third-order valence-corrected chi connectivity index (χ3v) is 4.53. The van der Waals surface area contributed by atoms with Gasteiger partial charge in [0.1, 0.15) is 11.8 Å². The second-order valence-corrected chi connectivity index (χ2v) is 6.15. The van der Waals surface area contributed by atoms with E-state index in [1.54, 1.807) is 24.7 Å². The third-order valence-electron chi connectivity index (χ3n) is 4.53. The molecular weight excluding hydrogens is 300 g/mol. The molecule has 0 bridgehead atoms. The Morgan fingerprint density at radius 1 is 1.12 bits per heavy atom. The molecule has 0 saturated carbocycles. The maximum absolute atomic E-state index is 9.12. The largest absolute Gasteiger partial charge is 0.355 e. The Morgan fingerprint density at radius 2 is 1.96 bits per heavy atom. The first kappa shape index (κ1) is 14.6. The van der Waals surface area contributed by atoms with Gasteiger partial charge < -0.3 is 4.90 Å². The molecule has 1 aliphatic rings.